The minimum atomic E-state index is -0.222. The highest BCUT2D eigenvalue weighted by molar-refractivity contribution is 5.76. The molecule has 1 aromatic carbocycles. The quantitative estimate of drug-likeness (QED) is 0.930. The second-order valence-corrected chi connectivity index (χ2v) is 5.43. The number of halogens is 1. The normalized spacial score (nSPS) is 20.6. The van der Waals surface area contributed by atoms with Gasteiger partial charge in [-0.3, -0.25) is 4.90 Å². The van der Waals surface area contributed by atoms with Crippen LogP contribution in [0, 0.1) is 5.82 Å². The van der Waals surface area contributed by atoms with Gasteiger partial charge in [-0.1, -0.05) is 0 Å². The molecule has 1 saturated heterocycles. The van der Waals surface area contributed by atoms with Gasteiger partial charge in [-0.15, -0.1) is 0 Å². The third-order valence-corrected chi connectivity index (χ3v) is 4.09. The lowest BCUT2D eigenvalue weighted by Crippen LogP contribution is -2.49. The number of rotatable bonds is 3. The topological polar surface area (TPSA) is 33.1 Å². The first-order chi connectivity index (χ1) is 9.69. The van der Waals surface area contributed by atoms with Gasteiger partial charge in [0.15, 0.2) is 0 Å². The summed E-state index contributed by atoms with van der Waals surface area (Å²) in [5, 5.41) is 3.39. The molecule has 1 fully saturated rings. The van der Waals surface area contributed by atoms with Gasteiger partial charge in [-0.05, 0) is 26.0 Å². The van der Waals surface area contributed by atoms with Crippen molar-refractivity contribution in [3.05, 3.63) is 29.8 Å². The molecule has 1 aromatic heterocycles. The van der Waals surface area contributed by atoms with E-state index in [4.69, 9.17) is 0 Å². The fraction of sp³-hybridized carbons (Fsp3) is 0.533. The van der Waals surface area contributed by atoms with Crippen molar-refractivity contribution >= 4 is 11.0 Å². The number of fused-ring (bicyclic) bond motifs is 1. The number of aromatic nitrogens is 2. The largest absolute Gasteiger partial charge is 0.327 e. The molecule has 20 heavy (non-hydrogen) atoms. The third kappa shape index (κ3) is 2.43. The molecule has 0 spiro atoms. The zero-order chi connectivity index (χ0) is 14.1. The van der Waals surface area contributed by atoms with Gasteiger partial charge in [0.25, 0.3) is 0 Å². The molecule has 1 N–H and O–H groups in total. The van der Waals surface area contributed by atoms with Crippen LogP contribution in [0.25, 0.3) is 11.0 Å². The second kappa shape index (κ2) is 5.50. The van der Waals surface area contributed by atoms with Gasteiger partial charge in [0, 0.05) is 38.3 Å². The van der Waals surface area contributed by atoms with E-state index in [0.717, 1.165) is 49.6 Å². The number of nitrogens with zero attached hydrogens (tertiary/aromatic N) is 3. The first kappa shape index (κ1) is 13.5. The summed E-state index contributed by atoms with van der Waals surface area (Å²) in [6, 6.07) is 5.36. The molecule has 1 aliphatic heterocycles. The number of piperazine rings is 1. The highest BCUT2D eigenvalue weighted by Crippen LogP contribution is 2.19. The zero-order valence-electron chi connectivity index (χ0n) is 12.1. The van der Waals surface area contributed by atoms with Crippen LogP contribution in [0.4, 0.5) is 4.39 Å². The molecule has 0 radical (unpaired) electrons. The molecule has 0 bridgehead atoms. The van der Waals surface area contributed by atoms with Crippen molar-refractivity contribution in [3.8, 4) is 0 Å². The van der Waals surface area contributed by atoms with E-state index >= 15 is 0 Å². The summed E-state index contributed by atoms with van der Waals surface area (Å²) in [6.07, 6.45) is 0. The van der Waals surface area contributed by atoms with Crippen molar-refractivity contribution in [2.45, 2.75) is 33.0 Å². The maximum absolute atomic E-state index is 13.3. The number of imidazole rings is 1. The number of benzene rings is 1. The number of hydrogen-bond acceptors (Lipinski definition) is 3. The maximum atomic E-state index is 13.3. The Kier molecular flexibility index (Phi) is 3.72. The minimum absolute atomic E-state index is 0.222. The van der Waals surface area contributed by atoms with E-state index < -0.39 is 0 Å². The van der Waals surface area contributed by atoms with Crippen molar-refractivity contribution in [2.24, 2.45) is 0 Å². The lowest BCUT2D eigenvalue weighted by atomic mass is 10.2. The average molecular weight is 276 g/mol. The molecule has 108 valence electrons. The van der Waals surface area contributed by atoms with Gasteiger partial charge >= 0.3 is 0 Å². The standard InChI is InChI=1S/C15H21FN4/c1-3-20-14-5-4-12(16)8-13(14)18-15(20)10-19-7-6-17-9-11(19)2/h4-5,8,11,17H,3,6-7,9-10H2,1-2H3/t11-/m0/s1. The summed E-state index contributed by atoms with van der Waals surface area (Å²) in [5.74, 6) is 0.808. The Labute approximate surface area is 118 Å². The smallest absolute Gasteiger partial charge is 0.125 e. The number of hydrogen-bond donors (Lipinski definition) is 1. The molecule has 1 aliphatic rings. The molecule has 2 heterocycles. The highest BCUT2D eigenvalue weighted by Gasteiger charge is 2.20. The van der Waals surface area contributed by atoms with Crippen LogP contribution in [0.15, 0.2) is 18.2 Å². The monoisotopic (exact) mass is 276 g/mol. The Morgan fingerprint density at radius 3 is 3.05 bits per heavy atom. The highest BCUT2D eigenvalue weighted by atomic mass is 19.1. The van der Waals surface area contributed by atoms with E-state index in [9.17, 15) is 4.39 Å². The zero-order valence-corrected chi connectivity index (χ0v) is 12.1. The summed E-state index contributed by atoms with van der Waals surface area (Å²) in [5.41, 5.74) is 1.77. The first-order valence-corrected chi connectivity index (χ1v) is 7.28. The summed E-state index contributed by atoms with van der Waals surface area (Å²) in [6.45, 7) is 9.08. The van der Waals surface area contributed by atoms with Crippen LogP contribution in [0.2, 0.25) is 0 Å². The summed E-state index contributed by atoms with van der Waals surface area (Å²) < 4.78 is 15.5. The van der Waals surface area contributed by atoms with Crippen LogP contribution in [-0.4, -0.2) is 40.1 Å². The van der Waals surface area contributed by atoms with Crippen molar-refractivity contribution in [3.63, 3.8) is 0 Å². The van der Waals surface area contributed by atoms with Crippen LogP contribution < -0.4 is 5.32 Å². The minimum Gasteiger partial charge on any atom is -0.327 e. The Balaban J connectivity index is 1.94. The predicted octanol–water partition coefficient (Wildman–Crippen LogP) is 1.99. The lowest BCUT2D eigenvalue weighted by molar-refractivity contribution is 0.160. The Morgan fingerprint density at radius 2 is 2.30 bits per heavy atom. The van der Waals surface area contributed by atoms with E-state index in [1.54, 1.807) is 0 Å². The third-order valence-electron chi connectivity index (χ3n) is 4.09. The fourth-order valence-corrected chi connectivity index (χ4v) is 2.93. The molecule has 1 atom stereocenters. The molecular weight excluding hydrogens is 255 g/mol. The van der Waals surface area contributed by atoms with Crippen molar-refractivity contribution in [1.29, 1.82) is 0 Å². The Hall–Kier alpha value is -1.46. The van der Waals surface area contributed by atoms with Crippen LogP contribution in [0.3, 0.4) is 0 Å². The van der Waals surface area contributed by atoms with Crippen molar-refractivity contribution in [1.82, 2.24) is 19.8 Å². The van der Waals surface area contributed by atoms with E-state index in [0.29, 0.717) is 6.04 Å². The molecule has 3 rings (SSSR count). The van der Waals surface area contributed by atoms with Gasteiger partial charge in [0.1, 0.15) is 11.6 Å². The number of aryl methyl sites for hydroxylation is 1. The lowest BCUT2D eigenvalue weighted by Gasteiger charge is -2.33. The van der Waals surface area contributed by atoms with E-state index in [1.165, 1.54) is 12.1 Å². The Morgan fingerprint density at radius 1 is 1.45 bits per heavy atom. The Bertz CT molecular complexity index is 607. The summed E-state index contributed by atoms with van der Waals surface area (Å²) >= 11 is 0. The van der Waals surface area contributed by atoms with Crippen LogP contribution >= 0.6 is 0 Å². The molecule has 2 aromatic rings. The van der Waals surface area contributed by atoms with Crippen LogP contribution in [-0.2, 0) is 13.1 Å². The van der Waals surface area contributed by atoms with E-state index in [-0.39, 0.29) is 5.82 Å². The summed E-state index contributed by atoms with van der Waals surface area (Å²) in [7, 11) is 0. The van der Waals surface area contributed by atoms with Crippen molar-refractivity contribution < 1.29 is 4.39 Å². The molecule has 0 amide bonds. The second-order valence-electron chi connectivity index (χ2n) is 5.43. The molecule has 0 aliphatic carbocycles. The van der Waals surface area contributed by atoms with Crippen molar-refractivity contribution in [2.75, 3.05) is 19.6 Å². The van der Waals surface area contributed by atoms with Gasteiger partial charge in [0.05, 0.1) is 17.6 Å². The van der Waals surface area contributed by atoms with E-state index in [1.807, 2.05) is 6.07 Å². The van der Waals surface area contributed by atoms with Gasteiger partial charge < -0.3 is 9.88 Å². The molecule has 4 nitrogen and oxygen atoms in total. The number of nitrogens with one attached hydrogen (secondary N) is 1. The summed E-state index contributed by atoms with van der Waals surface area (Å²) in [4.78, 5) is 7.06. The van der Waals surface area contributed by atoms with Crippen LogP contribution in [0.5, 0.6) is 0 Å². The molecular formula is C15H21FN4. The van der Waals surface area contributed by atoms with E-state index in [2.05, 4.69) is 33.6 Å². The van der Waals surface area contributed by atoms with Crippen LogP contribution in [0.1, 0.15) is 19.7 Å². The molecule has 5 heteroatoms. The molecule has 0 saturated carbocycles. The maximum Gasteiger partial charge on any atom is 0.125 e. The van der Waals surface area contributed by atoms with Gasteiger partial charge in [-0.25, -0.2) is 9.37 Å². The van der Waals surface area contributed by atoms with Gasteiger partial charge in [0.2, 0.25) is 0 Å². The van der Waals surface area contributed by atoms with Gasteiger partial charge in [-0.2, -0.15) is 0 Å². The fourth-order valence-electron chi connectivity index (χ4n) is 2.93. The SMILES string of the molecule is CCn1c(CN2CCNC[C@@H]2C)nc2cc(F)ccc21. The predicted molar refractivity (Wildman–Crippen MR) is 78.1 cm³/mol. The average Bonchev–Trinajstić information content (AvgIpc) is 2.77. The first-order valence-electron chi connectivity index (χ1n) is 7.28. The molecule has 0 unspecified atom stereocenters.